The predicted molar refractivity (Wildman–Crippen MR) is 56.0 cm³/mol. The van der Waals surface area contributed by atoms with Crippen molar-refractivity contribution in [3.8, 4) is 0 Å². The van der Waals surface area contributed by atoms with Gasteiger partial charge in [0.25, 0.3) is 0 Å². The summed E-state index contributed by atoms with van der Waals surface area (Å²) < 4.78 is 0. The number of nitrogens with zero attached hydrogens (tertiary/aromatic N) is 1. The number of aryl methyl sites for hydroxylation is 1. The van der Waals surface area contributed by atoms with E-state index in [4.69, 9.17) is 5.73 Å². The van der Waals surface area contributed by atoms with Crippen molar-refractivity contribution in [3.05, 3.63) is 29.1 Å². The molecule has 0 aromatic carbocycles. The Kier molecular flexibility index (Phi) is 3.23. The lowest BCUT2D eigenvalue weighted by Crippen LogP contribution is -2.16. The van der Waals surface area contributed by atoms with Gasteiger partial charge in [0, 0.05) is 11.9 Å². The molecule has 0 aliphatic carbocycles. The molecule has 0 aliphatic rings. The molecule has 0 fully saturated rings. The standard InChI is InChI=1S/C11H16N2O/c1-7(2)11-9(6-10(12)14)8(3)4-5-13-11/h4-5,7H,6H2,1-3H3,(H2,12,14). The lowest BCUT2D eigenvalue weighted by molar-refractivity contribution is -0.117. The topological polar surface area (TPSA) is 56.0 Å². The van der Waals surface area contributed by atoms with Crippen molar-refractivity contribution in [1.82, 2.24) is 4.98 Å². The van der Waals surface area contributed by atoms with E-state index in [2.05, 4.69) is 18.8 Å². The SMILES string of the molecule is Cc1ccnc(C(C)C)c1CC(N)=O. The summed E-state index contributed by atoms with van der Waals surface area (Å²) in [4.78, 5) is 15.2. The maximum Gasteiger partial charge on any atom is 0.221 e. The highest BCUT2D eigenvalue weighted by Gasteiger charge is 2.12. The van der Waals surface area contributed by atoms with Crippen LogP contribution >= 0.6 is 0 Å². The first-order chi connectivity index (χ1) is 6.52. The highest BCUT2D eigenvalue weighted by molar-refractivity contribution is 5.77. The van der Waals surface area contributed by atoms with Crippen LogP contribution in [0, 0.1) is 6.92 Å². The van der Waals surface area contributed by atoms with Crippen molar-refractivity contribution in [2.75, 3.05) is 0 Å². The van der Waals surface area contributed by atoms with E-state index in [9.17, 15) is 4.79 Å². The molecule has 0 saturated heterocycles. The minimum absolute atomic E-state index is 0.285. The van der Waals surface area contributed by atoms with Crippen LogP contribution in [0.4, 0.5) is 0 Å². The minimum Gasteiger partial charge on any atom is -0.369 e. The van der Waals surface area contributed by atoms with Crippen LogP contribution in [0.1, 0.15) is 36.6 Å². The van der Waals surface area contributed by atoms with Gasteiger partial charge in [-0.1, -0.05) is 13.8 Å². The van der Waals surface area contributed by atoms with Crippen LogP contribution in [0.25, 0.3) is 0 Å². The van der Waals surface area contributed by atoms with Crippen LogP contribution in [0.2, 0.25) is 0 Å². The Morgan fingerprint density at radius 3 is 2.71 bits per heavy atom. The molecule has 1 aromatic heterocycles. The van der Waals surface area contributed by atoms with E-state index in [-0.39, 0.29) is 12.3 Å². The van der Waals surface area contributed by atoms with Gasteiger partial charge in [-0.05, 0) is 30.0 Å². The fourth-order valence-electron chi connectivity index (χ4n) is 1.51. The molecular formula is C11H16N2O. The normalized spacial score (nSPS) is 10.6. The first-order valence-corrected chi connectivity index (χ1v) is 4.75. The van der Waals surface area contributed by atoms with Gasteiger partial charge in [-0.2, -0.15) is 0 Å². The summed E-state index contributed by atoms with van der Waals surface area (Å²) in [6.07, 6.45) is 2.06. The highest BCUT2D eigenvalue weighted by atomic mass is 16.1. The quantitative estimate of drug-likeness (QED) is 0.789. The van der Waals surface area contributed by atoms with Crippen molar-refractivity contribution in [2.24, 2.45) is 5.73 Å². The molecule has 3 nitrogen and oxygen atoms in total. The van der Waals surface area contributed by atoms with Crippen molar-refractivity contribution in [1.29, 1.82) is 0 Å². The Morgan fingerprint density at radius 1 is 1.57 bits per heavy atom. The maximum absolute atomic E-state index is 10.9. The summed E-state index contributed by atoms with van der Waals surface area (Å²) in [5.41, 5.74) is 8.24. The summed E-state index contributed by atoms with van der Waals surface area (Å²) in [7, 11) is 0. The minimum atomic E-state index is -0.303. The fraction of sp³-hybridized carbons (Fsp3) is 0.455. The Balaban J connectivity index is 3.15. The van der Waals surface area contributed by atoms with Crippen molar-refractivity contribution < 1.29 is 4.79 Å². The lowest BCUT2D eigenvalue weighted by atomic mass is 9.97. The zero-order chi connectivity index (χ0) is 10.7. The molecule has 0 radical (unpaired) electrons. The Labute approximate surface area is 84.3 Å². The molecular weight excluding hydrogens is 176 g/mol. The van der Waals surface area contributed by atoms with Gasteiger partial charge in [-0.3, -0.25) is 9.78 Å². The van der Waals surface area contributed by atoms with Gasteiger partial charge in [0.05, 0.1) is 6.42 Å². The Hall–Kier alpha value is -1.38. The molecule has 0 atom stereocenters. The van der Waals surface area contributed by atoms with Gasteiger partial charge in [0.1, 0.15) is 0 Å². The molecule has 76 valence electrons. The average molecular weight is 192 g/mol. The van der Waals surface area contributed by atoms with Crippen LogP contribution in [0.5, 0.6) is 0 Å². The van der Waals surface area contributed by atoms with Crippen LogP contribution < -0.4 is 5.73 Å². The van der Waals surface area contributed by atoms with Gasteiger partial charge < -0.3 is 5.73 Å². The van der Waals surface area contributed by atoms with Gasteiger partial charge in [0.15, 0.2) is 0 Å². The molecule has 2 N–H and O–H groups in total. The number of nitrogens with two attached hydrogens (primary N) is 1. The molecule has 0 bridgehead atoms. The first-order valence-electron chi connectivity index (χ1n) is 4.75. The number of amides is 1. The predicted octanol–water partition coefficient (Wildman–Crippen LogP) is 1.54. The number of primary amides is 1. The van der Waals surface area contributed by atoms with Crippen molar-refractivity contribution in [2.45, 2.75) is 33.1 Å². The monoisotopic (exact) mass is 192 g/mol. The second-order valence-corrected chi connectivity index (χ2v) is 3.79. The molecule has 0 spiro atoms. The molecule has 1 amide bonds. The zero-order valence-electron chi connectivity index (χ0n) is 8.87. The van der Waals surface area contributed by atoms with Gasteiger partial charge in [0.2, 0.25) is 5.91 Å². The van der Waals surface area contributed by atoms with Crippen LogP contribution in [-0.4, -0.2) is 10.9 Å². The Bertz CT molecular complexity index is 345. The van der Waals surface area contributed by atoms with E-state index >= 15 is 0 Å². The number of hydrogen-bond donors (Lipinski definition) is 1. The van der Waals surface area contributed by atoms with E-state index in [1.165, 1.54) is 0 Å². The number of aromatic nitrogens is 1. The summed E-state index contributed by atoms with van der Waals surface area (Å²) in [5, 5.41) is 0. The largest absolute Gasteiger partial charge is 0.369 e. The van der Waals surface area contributed by atoms with E-state index in [1.54, 1.807) is 6.20 Å². The average Bonchev–Trinajstić information content (AvgIpc) is 2.07. The first kappa shape index (κ1) is 10.7. The second-order valence-electron chi connectivity index (χ2n) is 3.79. The number of carbonyl (C=O) groups excluding carboxylic acids is 1. The summed E-state index contributed by atoms with van der Waals surface area (Å²) >= 11 is 0. The van der Waals surface area contributed by atoms with E-state index in [0.29, 0.717) is 5.92 Å². The number of carbonyl (C=O) groups is 1. The molecule has 1 heterocycles. The smallest absolute Gasteiger partial charge is 0.221 e. The third kappa shape index (κ3) is 2.31. The maximum atomic E-state index is 10.9. The number of pyridine rings is 1. The van der Waals surface area contributed by atoms with E-state index < -0.39 is 0 Å². The van der Waals surface area contributed by atoms with E-state index in [1.807, 2.05) is 13.0 Å². The molecule has 0 aliphatic heterocycles. The van der Waals surface area contributed by atoms with Gasteiger partial charge >= 0.3 is 0 Å². The summed E-state index contributed by atoms with van der Waals surface area (Å²) in [6, 6.07) is 1.91. The van der Waals surface area contributed by atoms with Gasteiger partial charge in [-0.25, -0.2) is 0 Å². The Morgan fingerprint density at radius 2 is 2.21 bits per heavy atom. The van der Waals surface area contributed by atoms with Crippen LogP contribution in [-0.2, 0) is 11.2 Å². The molecule has 14 heavy (non-hydrogen) atoms. The fourth-order valence-corrected chi connectivity index (χ4v) is 1.51. The number of hydrogen-bond acceptors (Lipinski definition) is 2. The molecule has 0 saturated carbocycles. The van der Waals surface area contributed by atoms with E-state index in [0.717, 1.165) is 16.8 Å². The third-order valence-corrected chi connectivity index (χ3v) is 2.22. The molecule has 3 heteroatoms. The lowest BCUT2D eigenvalue weighted by Gasteiger charge is -2.12. The second kappa shape index (κ2) is 4.22. The third-order valence-electron chi connectivity index (χ3n) is 2.22. The highest BCUT2D eigenvalue weighted by Crippen LogP contribution is 2.20. The van der Waals surface area contributed by atoms with Crippen molar-refractivity contribution in [3.63, 3.8) is 0 Å². The summed E-state index contributed by atoms with van der Waals surface area (Å²) in [6.45, 7) is 6.10. The van der Waals surface area contributed by atoms with Gasteiger partial charge in [-0.15, -0.1) is 0 Å². The molecule has 1 rings (SSSR count). The summed E-state index contributed by atoms with van der Waals surface area (Å²) in [5.74, 6) is 0.0206. The number of rotatable bonds is 3. The van der Waals surface area contributed by atoms with Crippen LogP contribution in [0.15, 0.2) is 12.3 Å². The molecule has 1 aromatic rings. The van der Waals surface area contributed by atoms with Crippen LogP contribution in [0.3, 0.4) is 0 Å². The zero-order valence-corrected chi connectivity index (χ0v) is 8.87. The van der Waals surface area contributed by atoms with Crippen molar-refractivity contribution >= 4 is 5.91 Å². The molecule has 0 unspecified atom stereocenters.